The summed E-state index contributed by atoms with van der Waals surface area (Å²) in [5, 5.41) is 11.3. The van der Waals surface area contributed by atoms with Gasteiger partial charge in [0.25, 0.3) is 0 Å². The Balaban J connectivity index is 1.65. The predicted molar refractivity (Wildman–Crippen MR) is 107 cm³/mol. The van der Waals surface area contributed by atoms with Crippen molar-refractivity contribution >= 4 is 29.0 Å². The molecule has 0 bridgehead atoms. The van der Waals surface area contributed by atoms with Gasteiger partial charge in [-0.15, -0.1) is 21.5 Å². The third-order valence-corrected chi connectivity index (χ3v) is 5.91. The number of carbonyl (C=O) groups is 1. The largest absolute Gasteiger partial charge is 0.335 e. The SMILES string of the molecule is CC(C)N(Cc1ccccc1)C(=O)CSc1nnc(-c2cccs2)n1C. The first-order valence-electron chi connectivity index (χ1n) is 8.45. The molecule has 0 spiro atoms. The molecule has 0 atom stereocenters. The van der Waals surface area contributed by atoms with Crippen molar-refractivity contribution in [1.29, 1.82) is 0 Å². The normalized spacial score (nSPS) is 11.1. The Hall–Kier alpha value is -2.12. The number of hydrogen-bond donors (Lipinski definition) is 0. The lowest BCUT2D eigenvalue weighted by Crippen LogP contribution is -2.37. The Labute approximate surface area is 162 Å². The smallest absolute Gasteiger partial charge is 0.233 e. The molecule has 0 saturated carbocycles. The number of hydrogen-bond acceptors (Lipinski definition) is 5. The van der Waals surface area contributed by atoms with Crippen molar-refractivity contribution in [1.82, 2.24) is 19.7 Å². The van der Waals surface area contributed by atoms with Crippen molar-refractivity contribution in [2.24, 2.45) is 7.05 Å². The Bertz CT molecular complexity index is 844. The van der Waals surface area contributed by atoms with Crippen molar-refractivity contribution in [3.05, 3.63) is 53.4 Å². The van der Waals surface area contributed by atoms with E-state index < -0.39 is 0 Å². The monoisotopic (exact) mass is 386 g/mol. The second kappa shape index (κ2) is 8.51. The molecule has 0 saturated heterocycles. The number of nitrogens with zero attached hydrogens (tertiary/aromatic N) is 4. The molecule has 26 heavy (non-hydrogen) atoms. The van der Waals surface area contributed by atoms with Gasteiger partial charge in [-0.1, -0.05) is 48.2 Å². The topological polar surface area (TPSA) is 51.0 Å². The van der Waals surface area contributed by atoms with Crippen molar-refractivity contribution < 1.29 is 4.79 Å². The number of thiophene rings is 1. The molecule has 7 heteroatoms. The number of thioether (sulfide) groups is 1. The summed E-state index contributed by atoms with van der Waals surface area (Å²) >= 11 is 3.06. The summed E-state index contributed by atoms with van der Waals surface area (Å²) in [7, 11) is 1.94. The molecule has 0 aliphatic heterocycles. The van der Waals surface area contributed by atoms with Crippen molar-refractivity contribution in [3.63, 3.8) is 0 Å². The molecule has 5 nitrogen and oxygen atoms in total. The standard InChI is InChI=1S/C19H22N4OS2/c1-14(2)23(12-15-8-5-4-6-9-15)17(24)13-26-19-21-20-18(22(19)3)16-10-7-11-25-16/h4-11,14H,12-13H2,1-3H3. The number of aromatic nitrogens is 3. The van der Waals surface area contributed by atoms with Gasteiger partial charge in [0.05, 0.1) is 10.6 Å². The van der Waals surface area contributed by atoms with Crippen molar-refractivity contribution in [2.45, 2.75) is 31.6 Å². The average Bonchev–Trinajstić information content (AvgIpc) is 3.28. The van der Waals surface area contributed by atoms with Gasteiger partial charge in [0.1, 0.15) is 0 Å². The second-order valence-corrected chi connectivity index (χ2v) is 8.12. The third-order valence-electron chi connectivity index (χ3n) is 4.04. The van der Waals surface area contributed by atoms with Gasteiger partial charge in [0, 0.05) is 19.6 Å². The summed E-state index contributed by atoms with van der Waals surface area (Å²) in [4.78, 5) is 15.7. The van der Waals surface area contributed by atoms with Gasteiger partial charge in [-0.3, -0.25) is 4.79 Å². The van der Waals surface area contributed by atoms with Gasteiger partial charge in [-0.05, 0) is 30.9 Å². The van der Waals surface area contributed by atoms with Gasteiger partial charge in [0.2, 0.25) is 5.91 Å². The Kier molecular flexibility index (Phi) is 6.11. The summed E-state index contributed by atoms with van der Waals surface area (Å²) in [6.45, 7) is 4.71. The lowest BCUT2D eigenvalue weighted by atomic mass is 10.2. The van der Waals surface area contributed by atoms with Gasteiger partial charge < -0.3 is 9.47 Å². The minimum Gasteiger partial charge on any atom is -0.335 e. The molecule has 0 aliphatic rings. The van der Waals surface area contributed by atoms with E-state index in [0.717, 1.165) is 21.4 Å². The van der Waals surface area contributed by atoms with Crippen LogP contribution in [0.15, 0.2) is 53.0 Å². The maximum absolute atomic E-state index is 12.8. The quantitative estimate of drug-likeness (QED) is 0.574. The summed E-state index contributed by atoms with van der Waals surface area (Å²) < 4.78 is 1.95. The van der Waals surface area contributed by atoms with Gasteiger partial charge in [0.15, 0.2) is 11.0 Å². The minimum atomic E-state index is 0.106. The maximum Gasteiger partial charge on any atom is 0.233 e. The van der Waals surface area contributed by atoms with Gasteiger partial charge in [-0.25, -0.2) is 0 Å². The Morgan fingerprint density at radius 3 is 2.62 bits per heavy atom. The first-order valence-corrected chi connectivity index (χ1v) is 10.3. The summed E-state index contributed by atoms with van der Waals surface area (Å²) in [5.41, 5.74) is 1.14. The highest BCUT2D eigenvalue weighted by Crippen LogP contribution is 2.26. The molecular weight excluding hydrogens is 364 g/mol. The van der Waals surface area contributed by atoms with E-state index in [1.165, 1.54) is 11.8 Å². The fraction of sp³-hybridized carbons (Fsp3) is 0.316. The van der Waals surface area contributed by atoms with E-state index in [1.807, 2.05) is 78.2 Å². The molecule has 1 amide bonds. The van der Waals surface area contributed by atoms with Crippen LogP contribution in [0.1, 0.15) is 19.4 Å². The Morgan fingerprint density at radius 2 is 1.96 bits per heavy atom. The van der Waals surface area contributed by atoms with E-state index in [2.05, 4.69) is 10.2 Å². The lowest BCUT2D eigenvalue weighted by Gasteiger charge is -2.26. The first kappa shape index (κ1) is 18.7. The molecule has 0 radical (unpaired) electrons. The van der Waals surface area contributed by atoms with E-state index in [4.69, 9.17) is 0 Å². The number of amides is 1. The first-order chi connectivity index (χ1) is 12.6. The van der Waals surface area contributed by atoms with Crippen LogP contribution in [-0.4, -0.2) is 37.4 Å². The highest BCUT2D eigenvalue weighted by Gasteiger charge is 2.19. The van der Waals surface area contributed by atoms with E-state index in [1.54, 1.807) is 11.3 Å². The molecule has 0 unspecified atom stereocenters. The zero-order chi connectivity index (χ0) is 18.5. The second-order valence-electron chi connectivity index (χ2n) is 6.23. The molecule has 0 N–H and O–H groups in total. The highest BCUT2D eigenvalue weighted by atomic mass is 32.2. The highest BCUT2D eigenvalue weighted by molar-refractivity contribution is 7.99. The van der Waals surface area contributed by atoms with E-state index >= 15 is 0 Å². The average molecular weight is 387 g/mol. The fourth-order valence-corrected chi connectivity index (χ4v) is 4.15. The Morgan fingerprint density at radius 1 is 1.19 bits per heavy atom. The van der Waals surface area contributed by atoms with Crippen LogP contribution in [0, 0.1) is 0 Å². The van der Waals surface area contributed by atoms with Gasteiger partial charge >= 0.3 is 0 Å². The van der Waals surface area contributed by atoms with Crippen molar-refractivity contribution in [2.75, 3.05) is 5.75 Å². The molecule has 3 aromatic rings. The predicted octanol–water partition coefficient (Wildman–Crippen LogP) is 4.07. The van der Waals surface area contributed by atoms with Crippen LogP contribution in [0.2, 0.25) is 0 Å². The molecule has 136 valence electrons. The third kappa shape index (κ3) is 4.34. The van der Waals surface area contributed by atoms with Crippen LogP contribution in [0.3, 0.4) is 0 Å². The summed E-state index contributed by atoms with van der Waals surface area (Å²) in [5.74, 6) is 1.29. The molecule has 3 rings (SSSR count). The van der Waals surface area contributed by atoms with Crippen LogP contribution in [0.5, 0.6) is 0 Å². The molecule has 0 aliphatic carbocycles. The van der Waals surface area contributed by atoms with Crippen LogP contribution < -0.4 is 0 Å². The van der Waals surface area contributed by atoms with Crippen LogP contribution in [-0.2, 0) is 18.4 Å². The summed E-state index contributed by atoms with van der Waals surface area (Å²) in [6, 6.07) is 14.2. The minimum absolute atomic E-state index is 0.106. The van der Waals surface area contributed by atoms with Gasteiger partial charge in [-0.2, -0.15) is 0 Å². The molecule has 2 aromatic heterocycles. The molecule has 0 fully saturated rings. The molecular formula is C19H22N4OS2. The van der Waals surface area contributed by atoms with Crippen LogP contribution in [0.4, 0.5) is 0 Å². The zero-order valence-electron chi connectivity index (χ0n) is 15.1. The number of benzene rings is 1. The van der Waals surface area contributed by atoms with E-state index in [0.29, 0.717) is 12.3 Å². The van der Waals surface area contributed by atoms with Crippen molar-refractivity contribution in [3.8, 4) is 10.7 Å². The number of carbonyl (C=O) groups excluding carboxylic acids is 1. The maximum atomic E-state index is 12.8. The molecule has 1 aromatic carbocycles. The zero-order valence-corrected chi connectivity index (χ0v) is 16.8. The van der Waals surface area contributed by atoms with Crippen LogP contribution in [0.25, 0.3) is 10.7 Å². The van der Waals surface area contributed by atoms with E-state index in [9.17, 15) is 4.79 Å². The molecule has 2 heterocycles. The fourth-order valence-electron chi connectivity index (χ4n) is 2.61. The lowest BCUT2D eigenvalue weighted by molar-refractivity contribution is -0.130. The summed E-state index contributed by atoms with van der Waals surface area (Å²) in [6.07, 6.45) is 0. The van der Waals surface area contributed by atoms with Crippen LogP contribution >= 0.6 is 23.1 Å². The number of rotatable bonds is 7. The van der Waals surface area contributed by atoms with E-state index in [-0.39, 0.29) is 11.9 Å².